The molecule has 1 aliphatic rings. The summed E-state index contributed by atoms with van der Waals surface area (Å²) >= 11 is 1.72. The van der Waals surface area contributed by atoms with E-state index in [0.29, 0.717) is 18.9 Å². The van der Waals surface area contributed by atoms with Crippen molar-refractivity contribution in [2.75, 3.05) is 19.7 Å². The highest BCUT2D eigenvalue weighted by Crippen LogP contribution is 2.34. The predicted molar refractivity (Wildman–Crippen MR) is 139 cm³/mol. The molecule has 0 atom stereocenters. The van der Waals surface area contributed by atoms with E-state index >= 15 is 0 Å². The second kappa shape index (κ2) is 11.6. The lowest BCUT2D eigenvalue weighted by molar-refractivity contribution is 0.318. The molecule has 170 valence electrons. The number of amidine groups is 1. The molecule has 0 radical (unpaired) electrons. The molecule has 3 aromatic carbocycles. The number of hydrogen-bond donors (Lipinski definition) is 1. The average molecular weight is 459 g/mol. The second-order valence-electron chi connectivity index (χ2n) is 7.97. The summed E-state index contributed by atoms with van der Waals surface area (Å²) in [6.07, 6.45) is 4.27. The summed E-state index contributed by atoms with van der Waals surface area (Å²) in [5.74, 6) is 0.693. The van der Waals surface area contributed by atoms with Crippen LogP contribution in [0, 0.1) is 0 Å². The number of phenols is 1. The standard InChI is InChI=1S/C28H30N2O2S/c1-2-32-27-16-15-24(19-26(27)31)18-25-21-30(17-9-14-22-10-5-3-6-11-22)28(33-25)29-20-23-12-7-4-8-13-23/h3-8,10-13,15-16,18-19,31H,2,9,14,17,20-21H2,1H3. The van der Waals surface area contributed by atoms with Gasteiger partial charge in [0.2, 0.25) is 0 Å². The Kier molecular flexibility index (Phi) is 8.09. The van der Waals surface area contributed by atoms with E-state index in [1.165, 1.54) is 16.0 Å². The molecule has 1 N–H and O–H groups in total. The van der Waals surface area contributed by atoms with E-state index in [2.05, 4.69) is 65.6 Å². The molecule has 0 amide bonds. The molecular weight excluding hydrogens is 428 g/mol. The Hall–Kier alpha value is -3.18. The van der Waals surface area contributed by atoms with E-state index in [9.17, 15) is 5.11 Å². The molecular formula is C28H30N2O2S. The van der Waals surface area contributed by atoms with Crippen LogP contribution in [0.5, 0.6) is 11.5 Å². The summed E-state index contributed by atoms with van der Waals surface area (Å²) in [4.78, 5) is 8.54. The smallest absolute Gasteiger partial charge is 0.164 e. The van der Waals surface area contributed by atoms with Crippen LogP contribution in [0.3, 0.4) is 0 Å². The number of hydrogen-bond acceptors (Lipinski definition) is 4. The molecule has 3 aromatic rings. The summed E-state index contributed by atoms with van der Waals surface area (Å²) in [7, 11) is 0. The average Bonchev–Trinajstić information content (AvgIpc) is 3.22. The van der Waals surface area contributed by atoms with Crippen LogP contribution in [0.25, 0.3) is 6.08 Å². The maximum Gasteiger partial charge on any atom is 0.164 e. The van der Waals surface area contributed by atoms with E-state index in [0.717, 1.165) is 36.7 Å². The number of rotatable bonds is 9. The van der Waals surface area contributed by atoms with Crippen LogP contribution in [-0.4, -0.2) is 34.9 Å². The number of nitrogens with zero attached hydrogens (tertiary/aromatic N) is 2. The van der Waals surface area contributed by atoms with Gasteiger partial charge in [-0.3, -0.25) is 4.99 Å². The van der Waals surface area contributed by atoms with Crippen LogP contribution in [0.15, 0.2) is 88.8 Å². The van der Waals surface area contributed by atoms with Crippen molar-refractivity contribution in [3.8, 4) is 11.5 Å². The van der Waals surface area contributed by atoms with E-state index in [1.807, 2.05) is 25.1 Å². The number of benzene rings is 3. The Morgan fingerprint density at radius 3 is 2.42 bits per heavy atom. The fourth-order valence-corrected chi connectivity index (χ4v) is 4.86. The predicted octanol–water partition coefficient (Wildman–Crippen LogP) is 6.37. The van der Waals surface area contributed by atoms with Gasteiger partial charge < -0.3 is 14.7 Å². The Morgan fingerprint density at radius 1 is 1.00 bits per heavy atom. The molecule has 1 aliphatic heterocycles. The third kappa shape index (κ3) is 6.65. The van der Waals surface area contributed by atoms with Gasteiger partial charge in [-0.1, -0.05) is 78.5 Å². The van der Waals surface area contributed by atoms with Crippen molar-refractivity contribution in [2.24, 2.45) is 4.99 Å². The van der Waals surface area contributed by atoms with Crippen LogP contribution >= 0.6 is 11.8 Å². The molecule has 0 bridgehead atoms. The zero-order chi connectivity index (χ0) is 22.9. The lowest BCUT2D eigenvalue weighted by Crippen LogP contribution is -2.25. The number of aromatic hydroxyl groups is 1. The highest BCUT2D eigenvalue weighted by atomic mass is 32.2. The Bertz CT molecular complexity index is 1100. The molecule has 0 saturated carbocycles. The zero-order valence-corrected chi connectivity index (χ0v) is 19.8. The molecule has 1 fully saturated rings. The fraction of sp³-hybridized carbons (Fsp3) is 0.250. The molecule has 5 heteroatoms. The van der Waals surface area contributed by atoms with Crippen molar-refractivity contribution >= 4 is 23.0 Å². The van der Waals surface area contributed by atoms with E-state index in [-0.39, 0.29) is 5.75 Å². The minimum Gasteiger partial charge on any atom is -0.504 e. The Balaban J connectivity index is 1.47. The first-order valence-electron chi connectivity index (χ1n) is 11.4. The highest BCUT2D eigenvalue weighted by Gasteiger charge is 2.23. The van der Waals surface area contributed by atoms with Crippen LogP contribution in [0.4, 0.5) is 0 Å². The van der Waals surface area contributed by atoms with Gasteiger partial charge in [0.25, 0.3) is 0 Å². The van der Waals surface area contributed by atoms with Crippen molar-refractivity contribution in [1.82, 2.24) is 4.90 Å². The summed E-state index contributed by atoms with van der Waals surface area (Å²) in [6.45, 7) is 4.91. The third-order valence-corrected chi connectivity index (χ3v) is 6.51. The molecule has 0 unspecified atom stereocenters. The van der Waals surface area contributed by atoms with Gasteiger partial charge in [0.1, 0.15) is 0 Å². The van der Waals surface area contributed by atoms with Crippen LogP contribution in [-0.2, 0) is 13.0 Å². The van der Waals surface area contributed by atoms with Crippen LogP contribution < -0.4 is 4.74 Å². The molecule has 0 spiro atoms. The van der Waals surface area contributed by atoms with Crippen LogP contribution in [0.2, 0.25) is 0 Å². The van der Waals surface area contributed by atoms with Crippen molar-refractivity contribution in [2.45, 2.75) is 26.3 Å². The van der Waals surface area contributed by atoms with Gasteiger partial charge in [-0.15, -0.1) is 0 Å². The first-order chi connectivity index (χ1) is 16.2. The summed E-state index contributed by atoms with van der Waals surface area (Å²) in [5, 5.41) is 11.3. The molecule has 0 aromatic heterocycles. The Morgan fingerprint density at radius 2 is 1.73 bits per heavy atom. The van der Waals surface area contributed by atoms with Crippen molar-refractivity contribution < 1.29 is 9.84 Å². The van der Waals surface area contributed by atoms with Crippen molar-refractivity contribution in [3.05, 3.63) is 100 Å². The zero-order valence-electron chi connectivity index (χ0n) is 19.0. The topological polar surface area (TPSA) is 45.1 Å². The van der Waals surface area contributed by atoms with E-state index < -0.39 is 0 Å². The normalized spacial score (nSPS) is 16.0. The third-order valence-electron chi connectivity index (χ3n) is 5.43. The van der Waals surface area contributed by atoms with Crippen molar-refractivity contribution in [3.63, 3.8) is 0 Å². The summed E-state index contributed by atoms with van der Waals surface area (Å²) < 4.78 is 5.45. The minimum absolute atomic E-state index is 0.173. The SMILES string of the molecule is CCOc1ccc(C=C2CN(CCCc3ccccc3)C(=NCc3ccccc3)S2)cc1O. The monoisotopic (exact) mass is 458 g/mol. The summed E-state index contributed by atoms with van der Waals surface area (Å²) in [6, 6.07) is 26.6. The largest absolute Gasteiger partial charge is 0.504 e. The highest BCUT2D eigenvalue weighted by molar-refractivity contribution is 8.17. The maximum absolute atomic E-state index is 10.2. The van der Waals surface area contributed by atoms with Crippen molar-refractivity contribution in [1.29, 1.82) is 0 Å². The lowest BCUT2D eigenvalue weighted by atomic mass is 10.1. The molecule has 4 nitrogen and oxygen atoms in total. The Labute approximate surface area is 200 Å². The quantitative estimate of drug-likeness (QED) is 0.405. The molecule has 33 heavy (non-hydrogen) atoms. The van der Waals surface area contributed by atoms with Gasteiger partial charge >= 0.3 is 0 Å². The number of aryl methyl sites for hydroxylation is 1. The maximum atomic E-state index is 10.2. The summed E-state index contributed by atoms with van der Waals surface area (Å²) in [5.41, 5.74) is 3.54. The van der Waals surface area contributed by atoms with Gasteiger partial charge in [-0.05, 0) is 54.7 Å². The number of ether oxygens (including phenoxy) is 1. The van der Waals surface area contributed by atoms with Crippen LogP contribution in [0.1, 0.15) is 30.0 Å². The van der Waals surface area contributed by atoms with Gasteiger partial charge in [0.15, 0.2) is 16.7 Å². The molecule has 4 rings (SSSR count). The van der Waals surface area contributed by atoms with Gasteiger partial charge in [-0.25, -0.2) is 0 Å². The van der Waals surface area contributed by atoms with Gasteiger partial charge in [0, 0.05) is 11.4 Å². The minimum atomic E-state index is 0.173. The molecule has 0 aliphatic carbocycles. The fourth-order valence-electron chi connectivity index (χ4n) is 3.80. The molecule has 1 saturated heterocycles. The lowest BCUT2D eigenvalue weighted by Gasteiger charge is -2.17. The van der Waals surface area contributed by atoms with Gasteiger partial charge in [0.05, 0.1) is 19.7 Å². The van der Waals surface area contributed by atoms with E-state index in [1.54, 1.807) is 17.8 Å². The number of aliphatic imine (C=N–C) groups is 1. The first kappa shape index (κ1) is 23.0. The first-order valence-corrected chi connectivity index (χ1v) is 12.2. The number of thioether (sulfide) groups is 1. The van der Waals surface area contributed by atoms with Gasteiger partial charge in [-0.2, -0.15) is 0 Å². The van der Waals surface area contributed by atoms with E-state index in [4.69, 9.17) is 9.73 Å². The second-order valence-corrected chi connectivity index (χ2v) is 9.06. The molecule has 1 heterocycles. The number of phenolic OH excluding ortho intramolecular Hbond substituents is 1.